The summed E-state index contributed by atoms with van der Waals surface area (Å²) >= 11 is 15.3. The predicted octanol–water partition coefficient (Wildman–Crippen LogP) is 4.52. The zero-order valence-corrected chi connectivity index (χ0v) is 25.0. The molecule has 208 valence electrons. The maximum Gasteiger partial charge on any atom is 0.409 e. The molecule has 11 nitrogen and oxygen atoms in total. The number of carbonyl (C=O) groups is 2. The molecular weight excluding hydrogens is 608 g/mol. The second-order valence-electron chi connectivity index (χ2n) is 8.99. The third-order valence-electron chi connectivity index (χ3n) is 6.28. The third kappa shape index (κ3) is 7.08. The van der Waals surface area contributed by atoms with Crippen molar-refractivity contribution in [2.75, 3.05) is 43.4 Å². The zero-order chi connectivity index (χ0) is 28.1. The standard InChI is InChI=1S/C25H30BrClN8O3S/c1-4-38-25(37)33-11-9-32(10-12-33)23(36)17(3)35-15-21(16(2)30-35)28-24(39)29-22-19(26)14-34(31-22)13-18-7-5-6-8-20(18)27/h5-8,14-15,17H,4,9-13H2,1-3H3,(H2,28,29,31,39). The molecule has 3 aromatic rings. The Kier molecular flexibility index (Phi) is 9.46. The van der Waals surface area contributed by atoms with Crippen molar-refractivity contribution in [1.29, 1.82) is 0 Å². The van der Waals surface area contributed by atoms with E-state index in [1.54, 1.807) is 39.2 Å². The van der Waals surface area contributed by atoms with Crippen LogP contribution in [0.2, 0.25) is 5.02 Å². The Labute approximate surface area is 245 Å². The number of nitrogens with one attached hydrogen (secondary N) is 2. The van der Waals surface area contributed by atoms with Crippen LogP contribution in [0.4, 0.5) is 16.3 Å². The smallest absolute Gasteiger partial charge is 0.409 e. The lowest BCUT2D eigenvalue weighted by atomic mass is 10.2. The third-order valence-corrected chi connectivity index (χ3v) is 7.43. The van der Waals surface area contributed by atoms with E-state index in [9.17, 15) is 9.59 Å². The molecule has 0 bridgehead atoms. The van der Waals surface area contributed by atoms with Crippen LogP contribution in [0.5, 0.6) is 0 Å². The van der Waals surface area contributed by atoms with Gasteiger partial charge in [-0.05, 0) is 60.5 Å². The van der Waals surface area contributed by atoms with E-state index in [1.165, 1.54) is 0 Å². The van der Waals surface area contributed by atoms with Gasteiger partial charge in [-0.2, -0.15) is 10.2 Å². The molecule has 2 N–H and O–H groups in total. The molecular formula is C25H30BrClN8O3S. The number of aryl methyl sites for hydroxylation is 1. The lowest BCUT2D eigenvalue weighted by Gasteiger charge is -2.35. The second kappa shape index (κ2) is 12.8. The molecule has 4 rings (SSSR count). The maximum atomic E-state index is 13.1. The summed E-state index contributed by atoms with van der Waals surface area (Å²) in [5, 5.41) is 16.3. The average Bonchev–Trinajstić information content (AvgIpc) is 3.45. The molecule has 1 aromatic carbocycles. The molecule has 2 aromatic heterocycles. The van der Waals surface area contributed by atoms with Crippen molar-refractivity contribution in [1.82, 2.24) is 29.4 Å². The Balaban J connectivity index is 1.34. The van der Waals surface area contributed by atoms with Gasteiger partial charge in [-0.25, -0.2) is 4.79 Å². The van der Waals surface area contributed by atoms with Crippen LogP contribution < -0.4 is 10.6 Å². The summed E-state index contributed by atoms with van der Waals surface area (Å²) in [5.74, 6) is 0.483. The summed E-state index contributed by atoms with van der Waals surface area (Å²) in [4.78, 5) is 28.4. The van der Waals surface area contributed by atoms with Crippen LogP contribution in [0.25, 0.3) is 0 Å². The number of hydrogen-bond donors (Lipinski definition) is 2. The number of hydrogen-bond acceptors (Lipinski definition) is 6. The second-order valence-corrected chi connectivity index (χ2v) is 10.7. The first-order valence-electron chi connectivity index (χ1n) is 12.5. The summed E-state index contributed by atoms with van der Waals surface area (Å²) in [7, 11) is 0. The van der Waals surface area contributed by atoms with Crippen molar-refractivity contribution in [3.05, 3.63) is 57.4 Å². The number of anilines is 2. The van der Waals surface area contributed by atoms with Crippen LogP contribution in [-0.4, -0.2) is 79.3 Å². The minimum Gasteiger partial charge on any atom is -0.450 e. The van der Waals surface area contributed by atoms with Crippen molar-refractivity contribution in [2.24, 2.45) is 0 Å². The number of carbonyl (C=O) groups excluding carboxylic acids is 2. The van der Waals surface area contributed by atoms with E-state index in [2.05, 4.69) is 36.8 Å². The van der Waals surface area contributed by atoms with Gasteiger partial charge in [0.2, 0.25) is 5.91 Å². The van der Waals surface area contributed by atoms with Crippen molar-refractivity contribution in [3.8, 4) is 0 Å². The predicted molar refractivity (Wildman–Crippen MR) is 157 cm³/mol. The Bertz CT molecular complexity index is 1350. The average molecular weight is 638 g/mol. The fraction of sp³-hybridized carbons (Fsp3) is 0.400. The highest BCUT2D eigenvalue weighted by molar-refractivity contribution is 9.10. The highest BCUT2D eigenvalue weighted by Gasteiger charge is 2.29. The van der Waals surface area contributed by atoms with Gasteiger partial charge < -0.3 is 25.2 Å². The van der Waals surface area contributed by atoms with E-state index in [4.69, 9.17) is 28.6 Å². The van der Waals surface area contributed by atoms with Gasteiger partial charge in [-0.1, -0.05) is 29.8 Å². The minimum atomic E-state index is -0.524. The number of aromatic nitrogens is 4. The molecule has 1 saturated heterocycles. The molecule has 1 aliphatic heterocycles. The molecule has 1 fully saturated rings. The van der Waals surface area contributed by atoms with Crippen LogP contribution in [0, 0.1) is 6.92 Å². The van der Waals surface area contributed by atoms with E-state index >= 15 is 0 Å². The lowest BCUT2D eigenvalue weighted by Crippen LogP contribution is -2.52. The molecule has 0 spiro atoms. The van der Waals surface area contributed by atoms with Gasteiger partial charge in [-0.3, -0.25) is 14.2 Å². The fourth-order valence-electron chi connectivity index (χ4n) is 4.13. The van der Waals surface area contributed by atoms with Crippen molar-refractivity contribution < 1.29 is 14.3 Å². The van der Waals surface area contributed by atoms with E-state index in [0.717, 1.165) is 10.0 Å². The largest absolute Gasteiger partial charge is 0.450 e. The molecule has 0 radical (unpaired) electrons. The van der Waals surface area contributed by atoms with E-state index < -0.39 is 6.04 Å². The molecule has 39 heavy (non-hydrogen) atoms. The van der Waals surface area contributed by atoms with Crippen molar-refractivity contribution in [3.63, 3.8) is 0 Å². The zero-order valence-electron chi connectivity index (χ0n) is 21.9. The number of halogens is 2. The summed E-state index contributed by atoms with van der Waals surface area (Å²) in [6.07, 6.45) is 3.25. The number of amides is 2. The summed E-state index contributed by atoms with van der Waals surface area (Å²) < 4.78 is 9.18. The number of benzene rings is 1. The first-order valence-corrected chi connectivity index (χ1v) is 14.0. The maximum absolute atomic E-state index is 13.1. The molecule has 1 unspecified atom stereocenters. The molecule has 1 aliphatic rings. The van der Waals surface area contributed by atoms with Gasteiger partial charge >= 0.3 is 6.09 Å². The SMILES string of the molecule is CCOC(=O)N1CCN(C(=O)C(C)n2cc(NC(=S)Nc3nn(Cc4ccccc4Cl)cc3Br)c(C)n2)CC1. The highest BCUT2D eigenvalue weighted by atomic mass is 79.9. The number of thiocarbonyl (C=S) groups is 1. The monoisotopic (exact) mass is 636 g/mol. The van der Waals surface area contributed by atoms with E-state index in [1.807, 2.05) is 37.4 Å². The quantitative estimate of drug-likeness (QED) is 0.364. The molecule has 1 atom stereocenters. The van der Waals surface area contributed by atoms with E-state index in [0.29, 0.717) is 66.7 Å². The normalized spacial score (nSPS) is 14.2. The molecule has 14 heteroatoms. The van der Waals surface area contributed by atoms with Crippen LogP contribution in [0.15, 0.2) is 41.1 Å². The number of ether oxygens (including phenoxy) is 1. The summed E-state index contributed by atoms with van der Waals surface area (Å²) in [6.45, 7) is 8.01. The van der Waals surface area contributed by atoms with Gasteiger partial charge in [0.05, 0.1) is 29.0 Å². The number of nitrogens with zero attached hydrogens (tertiary/aromatic N) is 6. The molecule has 0 saturated carbocycles. The first kappa shape index (κ1) is 28.8. The lowest BCUT2D eigenvalue weighted by molar-refractivity contribution is -0.136. The molecule has 3 heterocycles. The van der Waals surface area contributed by atoms with Gasteiger partial charge in [0.1, 0.15) is 6.04 Å². The Morgan fingerprint density at radius 2 is 1.82 bits per heavy atom. The topological polar surface area (TPSA) is 110 Å². The Morgan fingerprint density at radius 1 is 1.13 bits per heavy atom. The number of rotatable bonds is 7. The molecule has 2 amide bonds. The van der Waals surface area contributed by atoms with Gasteiger partial charge in [0, 0.05) is 43.6 Å². The molecule has 0 aliphatic carbocycles. The van der Waals surface area contributed by atoms with Crippen molar-refractivity contribution in [2.45, 2.75) is 33.4 Å². The van der Waals surface area contributed by atoms with E-state index in [-0.39, 0.29) is 12.0 Å². The first-order chi connectivity index (χ1) is 18.7. The summed E-state index contributed by atoms with van der Waals surface area (Å²) in [5.41, 5.74) is 2.31. The Morgan fingerprint density at radius 3 is 2.51 bits per heavy atom. The number of piperazine rings is 1. The van der Waals surface area contributed by atoms with Crippen LogP contribution in [0.3, 0.4) is 0 Å². The van der Waals surface area contributed by atoms with Gasteiger partial charge in [0.25, 0.3) is 0 Å². The minimum absolute atomic E-state index is 0.0683. The summed E-state index contributed by atoms with van der Waals surface area (Å²) in [6, 6.07) is 7.09. The van der Waals surface area contributed by atoms with Crippen LogP contribution >= 0.6 is 39.7 Å². The van der Waals surface area contributed by atoms with Gasteiger partial charge in [0.15, 0.2) is 10.9 Å². The van der Waals surface area contributed by atoms with Gasteiger partial charge in [-0.15, -0.1) is 0 Å². The highest BCUT2D eigenvalue weighted by Crippen LogP contribution is 2.24. The van der Waals surface area contributed by atoms with Crippen LogP contribution in [-0.2, 0) is 16.1 Å². The fourth-order valence-corrected chi connectivity index (χ4v) is 4.95. The van der Waals surface area contributed by atoms with Crippen LogP contribution in [0.1, 0.15) is 31.1 Å². The van der Waals surface area contributed by atoms with Crippen molar-refractivity contribution >= 4 is 68.4 Å². The Hall–Kier alpha value is -3.16.